The number of nitrogens with zero attached hydrogens (tertiary/aromatic N) is 3. The summed E-state index contributed by atoms with van der Waals surface area (Å²) in [5, 5.41) is 2.84. The lowest BCUT2D eigenvalue weighted by molar-refractivity contribution is -0.144. The number of hydrogen-bond acceptors (Lipinski definition) is 4. The molecule has 1 atom stereocenters. The molecule has 0 spiro atoms. The van der Waals surface area contributed by atoms with E-state index in [1.807, 2.05) is 18.7 Å². The molecule has 112 valence electrons. The molecule has 7 heteroatoms. The molecule has 0 aromatic carbocycles. The highest BCUT2D eigenvalue weighted by molar-refractivity contribution is 5.50. The van der Waals surface area contributed by atoms with Gasteiger partial charge in [-0.25, -0.2) is 9.97 Å². The zero-order chi connectivity index (χ0) is 14.8. The number of nitrogens with one attached hydrogen (secondary N) is 1. The van der Waals surface area contributed by atoms with Gasteiger partial charge in [0.15, 0.2) is 0 Å². The summed E-state index contributed by atoms with van der Waals surface area (Å²) in [5.41, 5.74) is 0. The molecular formula is C13H19F3N4. The van der Waals surface area contributed by atoms with Crippen LogP contribution in [0.25, 0.3) is 0 Å². The molecule has 1 N–H and O–H groups in total. The van der Waals surface area contributed by atoms with Crippen LogP contribution in [-0.2, 0) is 6.18 Å². The van der Waals surface area contributed by atoms with Crippen molar-refractivity contribution in [2.45, 2.75) is 45.3 Å². The second kappa shape index (κ2) is 5.85. The van der Waals surface area contributed by atoms with Crippen molar-refractivity contribution in [1.29, 1.82) is 0 Å². The van der Waals surface area contributed by atoms with Crippen molar-refractivity contribution >= 4 is 11.6 Å². The minimum atomic E-state index is -4.53. The molecule has 1 aromatic rings. The third kappa shape index (κ3) is 3.32. The van der Waals surface area contributed by atoms with E-state index in [9.17, 15) is 13.2 Å². The minimum absolute atomic E-state index is 0.203. The van der Waals surface area contributed by atoms with Crippen LogP contribution in [0.4, 0.5) is 24.8 Å². The first-order chi connectivity index (χ1) is 9.41. The molecule has 2 rings (SSSR count). The van der Waals surface area contributed by atoms with Crippen LogP contribution in [0.1, 0.15) is 38.9 Å². The van der Waals surface area contributed by atoms with Crippen molar-refractivity contribution in [2.24, 2.45) is 0 Å². The van der Waals surface area contributed by atoms with E-state index in [2.05, 4.69) is 15.3 Å². The number of piperidine rings is 1. The first-order valence-electron chi connectivity index (χ1n) is 6.88. The third-order valence-corrected chi connectivity index (χ3v) is 3.42. The Bertz CT molecular complexity index is 461. The van der Waals surface area contributed by atoms with Crippen molar-refractivity contribution in [3.05, 3.63) is 11.9 Å². The van der Waals surface area contributed by atoms with Crippen LogP contribution >= 0.6 is 0 Å². The Labute approximate surface area is 116 Å². The normalized spacial score (nSPS) is 20.1. The van der Waals surface area contributed by atoms with Crippen LogP contribution in [0.2, 0.25) is 0 Å². The van der Waals surface area contributed by atoms with Crippen molar-refractivity contribution in [3.8, 4) is 0 Å². The average molecular weight is 288 g/mol. The van der Waals surface area contributed by atoms with Crippen molar-refractivity contribution in [2.75, 3.05) is 23.3 Å². The van der Waals surface area contributed by atoms with Crippen LogP contribution in [0.15, 0.2) is 6.07 Å². The van der Waals surface area contributed by atoms with E-state index in [0.717, 1.165) is 25.8 Å². The number of aromatic nitrogens is 2. The van der Waals surface area contributed by atoms with Gasteiger partial charge in [0.1, 0.15) is 11.6 Å². The Hall–Kier alpha value is -1.53. The van der Waals surface area contributed by atoms with Crippen LogP contribution in [0.5, 0.6) is 0 Å². The van der Waals surface area contributed by atoms with E-state index in [1.165, 1.54) is 0 Å². The smallest absolute Gasteiger partial charge is 0.370 e. The summed E-state index contributed by atoms with van der Waals surface area (Å²) in [5.74, 6) is -0.498. The summed E-state index contributed by atoms with van der Waals surface area (Å²) in [6.07, 6.45) is -1.47. The van der Waals surface area contributed by atoms with Crippen LogP contribution in [0.3, 0.4) is 0 Å². The van der Waals surface area contributed by atoms with Gasteiger partial charge < -0.3 is 10.2 Å². The Kier molecular flexibility index (Phi) is 4.35. The monoisotopic (exact) mass is 288 g/mol. The standard InChI is InChI=1S/C13H19F3N4/c1-3-17-10-8-11(19-12(18-10)13(14,15)16)20-7-5-4-6-9(20)2/h8-9H,3-7H2,1-2H3,(H,17,18,19). The first kappa shape index (κ1) is 14.9. The van der Waals surface area contributed by atoms with Gasteiger partial charge in [-0.05, 0) is 33.1 Å². The molecule has 1 aliphatic heterocycles. The summed E-state index contributed by atoms with van der Waals surface area (Å²) in [7, 11) is 0. The summed E-state index contributed by atoms with van der Waals surface area (Å²) < 4.78 is 38.6. The number of hydrogen-bond donors (Lipinski definition) is 1. The molecule has 20 heavy (non-hydrogen) atoms. The number of alkyl halides is 3. The molecule has 0 bridgehead atoms. The van der Waals surface area contributed by atoms with Gasteiger partial charge in [0, 0.05) is 25.2 Å². The summed E-state index contributed by atoms with van der Waals surface area (Å²) in [6.45, 7) is 5.09. The van der Waals surface area contributed by atoms with Crippen LogP contribution < -0.4 is 10.2 Å². The molecule has 1 unspecified atom stereocenters. The Morgan fingerprint density at radius 2 is 2.10 bits per heavy atom. The fraction of sp³-hybridized carbons (Fsp3) is 0.692. The molecule has 4 nitrogen and oxygen atoms in total. The summed E-state index contributed by atoms with van der Waals surface area (Å²) in [6, 6.07) is 1.80. The number of halogens is 3. The van der Waals surface area contributed by atoms with Gasteiger partial charge in [-0.3, -0.25) is 0 Å². The zero-order valence-electron chi connectivity index (χ0n) is 11.7. The van der Waals surface area contributed by atoms with E-state index in [1.54, 1.807) is 6.07 Å². The minimum Gasteiger partial charge on any atom is -0.370 e. The highest BCUT2D eigenvalue weighted by Gasteiger charge is 2.36. The molecule has 0 aliphatic carbocycles. The Morgan fingerprint density at radius 3 is 2.70 bits per heavy atom. The zero-order valence-corrected chi connectivity index (χ0v) is 11.7. The maximum Gasteiger partial charge on any atom is 0.451 e. The van der Waals surface area contributed by atoms with Crippen LogP contribution in [0, 0.1) is 0 Å². The van der Waals surface area contributed by atoms with E-state index >= 15 is 0 Å². The fourth-order valence-corrected chi connectivity index (χ4v) is 2.42. The Balaban J connectivity index is 2.38. The summed E-state index contributed by atoms with van der Waals surface area (Å²) >= 11 is 0. The van der Waals surface area contributed by atoms with Gasteiger partial charge in [-0.15, -0.1) is 0 Å². The van der Waals surface area contributed by atoms with Gasteiger partial charge in [-0.1, -0.05) is 0 Å². The van der Waals surface area contributed by atoms with Crippen molar-refractivity contribution in [3.63, 3.8) is 0 Å². The maximum absolute atomic E-state index is 12.9. The summed E-state index contributed by atoms with van der Waals surface area (Å²) in [4.78, 5) is 9.18. The highest BCUT2D eigenvalue weighted by atomic mass is 19.4. The SMILES string of the molecule is CCNc1cc(N2CCCCC2C)nc(C(F)(F)F)n1. The highest BCUT2D eigenvalue weighted by Crippen LogP contribution is 2.31. The lowest BCUT2D eigenvalue weighted by atomic mass is 10.0. The second-order valence-electron chi connectivity index (χ2n) is 5.00. The average Bonchev–Trinajstić information content (AvgIpc) is 2.38. The van der Waals surface area contributed by atoms with E-state index in [0.29, 0.717) is 12.4 Å². The molecular weight excluding hydrogens is 269 g/mol. The predicted molar refractivity (Wildman–Crippen MR) is 71.9 cm³/mol. The quantitative estimate of drug-likeness (QED) is 0.926. The lowest BCUT2D eigenvalue weighted by Crippen LogP contribution is -2.38. The maximum atomic E-state index is 12.9. The Morgan fingerprint density at radius 1 is 1.35 bits per heavy atom. The topological polar surface area (TPSA) is 41.0 Å². The molecule has 1 aromatic heterocycles. The predicted octanol–water partition coefficient (Wildman–Crippen LogP) is 3.31. The van der Waals surface area contributed by atoms with Gasteiger partial charge in [0.05, 0.1) is 0 Å². The molecule has 1 saturated heterocycles. The van der Waals surface area contributed by atoms with Crippen molar-refractivity contribution in [1.82, 2.24) is 9.97 Å². The third-order valence-electron chi connectivity index (χ3n) is 3.42. The largest absolute Gasteiger partial charge is 0.451 e. The molecule has 2 heterocycles. The van der Waals surface area contributed by atoms with Gasteiger partial charge >= 0.3 is 6.18 Å². The number of anilines is 2. The molecule has 0 amide bonds. The molecule has 0 radical (unpaired) electrons. The van der Waals surface area contributed by atoms with Crippen LogP contribution in [-0.4, -0.2) is 29.1 Å². The van der Waals surface area contributed by atoms with E-state index < -0.39 is 12.0 Å². The molecule has 1 fully saturated rings. The van der Waals surface area contributed by atoms with Gasteiger partial charge in [-0.2, -0.15) is 13.2 Å². The molecule has 0 saturated carbocycles. The van der Waals surface area contributed by atoms with E-state index in [-0.39, 0.29) is 11.9 Å². The van der Waals surface area contributed by atoms with Crippen molar-refractivity contribution < 1.29 is 13.2 Å². The van der Waals surface area contributed by atoms with Gasteiger partial charge in [0.25, 0.3) is 0 Å². The lowest BCUT2D eigenvalue weighted by Gasteiger charge is -2.34. The second-order valence-corrected chi connectivity index (χ2v) is 5.00. The van der Waals surface area contributed by atoms with Gasteiger partial charge in [0.2, 0.25) is 5.82 Å². The first-order valence-corrected chi connectivity index (χ1v) is 6.88. The molecule has 1 aliphatic rings. The van der Waals surface area contributed by atoms with E-state index in [4.69, 9.17) is 0 Å². The fourth-order valence-electron chi connectivity index (χ4n) is 2.42. The number of rotatable bonds is 3.